The van der Waals surface area contributed by atoms with E-state index in [2.05, 4.69) is 5.32 Å². The molecule has 0 aliphatic rings. The Labute approximate surface area is 103 Å². The van der Waals surface area contributed by atoms with Crippen LogP contribution in [0.5, 0.6) is 0 Å². The van der Waals surface area contributed by atoms with Gasteiger partial charge < -0.3 is 10.1 Å². The molecule has 0 radical (unpaired) electrons. The van der Waals surface area contributed by atoms with Gasteiger partial charge >= 0.3 is 6.09 Å². The Bertz CT molecular complexity index is 354. The van der Waals surface area contributed by atoms with Crippen LogP contribution in [0.1, 0.15) is 45.7 Å². The Morgan fingerprint density at radius 1 is 1.29 bits per heavy atom. The van der Waals surface area contributed by atoms with Crippen LogP contribution in [0.4, 0.5) is 4.79 Å². The maximum atomic E-state index is 11.7. The molecule has 3 nitrogen and oxygen atoms in total. The third-order valence-electron chi connectivity index (χ3n) is 2.30. The van der Waals surface area contributed by atoms with Crippen LogP contribution in [-0.4, -0.2) is 11.7 Å². The van der Waals surface area contributed by atoms with Gasteiger partial charge in [0.15, 0.2) is 0 Å². The molecule has 0 saturated carbocycles. The number of carbonyl (C=O) groups is 1. The summed E-state index contributed by atoms with van der Waals surface area (Å²) >= 11 is 0. The van der Waals surface area contributed by atoms with E-state index < -0.39 is 5.60 Å². The molecule has 1 amide bonds. The van der Waals surface area contributed by atoms with E-state index in [9.17, 15) is 4.79 Å². The fourth-order valence-electron chi connectivity index (χ4n) is 1.56. The molecule has 1 N–H and O–H groups in total. The second-order valence-corrected chi connectivity index (χ2v) is 5.02. The lowest BCUT2D eigenvalue weighted by Gasteiger charge is -2.23. The van der Waals surface area contributed by atoms with Gasteiger partial charge in [0.05, 0.1) is 6.04 Å². The SMILES string of the molecule is CC[C@H](NC(=O)OC(C)(C)C)c1ccccc1. The van der Waals surface area contributed by atoms with Crippen molar-refractivity contribution in [3.63, 3.8) is 0 Å². The van der Waals surface area contributed by atoms with Gasteiger partial charge in [-0.3, -0.25) is 0 Å². The predicted octanol–water partition coefficient (Wildman–Crippen LogP) is 3.66. The maximum Gasteiger partial charge on any atom is 0.408 e. The quantitative estimate of drug-likeness (QED) is 0.868. The van der Waals surface area contributed by atoms with Gasteiger partial charge in [0.2, 0.25) is 0 Å². The number of amides is 1. The lowest BCUT2D eigenvalue weighted by atomic mass is 10.1. The molecule has 0 saturated heterocycles. The zero-order chi connectivity index (χ0) is 12.9. The van der Waals surface area contributed by atoms with Crippen molar-refractivity contribution in [3.8, 4) is 0 Å². The lowest BCUT2D eigenvalue weighted by molar-refractivity contribution is 0.0502. The minimum Gasteiger partial charge on any atom is -0.444 e. The summed E-state index contributed by atoms with van der Waals surface area (Å²) < 4.78 is 5.24. The summed E-state index contributed by atoms with van der Waals surface area (Å²) in [5, 5.41) is 2.88. The predicted molar refractivity (Wildman–Crippen MR) is 68.8 cm³/mol. The Hall–Kier alpha value is -1.51. The molecule has 1 atom stereocenters. The van der Waals surface area contributed by atoms with E-state index in [-0.39, 0.29) is 12.1 Å². The van der Waals surface area contributed by atoms with Crippen molar-refractivity contribution in [1.29, 1.82) is 0 Å². The van der Waals surface area contributed by atoms with Crippen molar-refractivity contribution >= 4 is 6.09 Å². The third kappa shape index (κ3) is 4.89. The van der Waals surface area contributed by atoms with Crippen molar-refractivity contribution in [2.75, 3.05) is 0 Å². The van der Waals surface area contributed by atoms with Gasteiger partial charge in [0.1, 0.15) is 5.60 Å². The number of nitrogens with one attached hydrogen (secondary N) is 1. The van der Waals surface area contributed by atoms with Crippen molar-refractivity contribution in [2.45, 2.75) is 45.8 Å². The average Bonchev–Trinajstić information content (AvgIpc) is 2.24. The van der Waals surface area contributed by atoms with E-state index in [0.29, 0.717) is 0 Å². The molecule has 1 aromatic carbocycles. The molecule has 0 fully saturated rings. The van der Waals surface area contributed by atoms with Crippen molar-refractivity contribution in [3.05, 3.63) is 35.9 Å². The molecule has 0 aliphatic heterocycles. The third-order valence-corrected chi connectivity index (χ3v) is 2.30. The van der Waals surface area contributed by atoms with Gasteiger partial charge in [-0.05, 0) is 32.8 Å². The van der Waals surface area contributed by atoms with E-state index in [1.165, 1.54) is 0 Å². The Balaban J connectivity index is 2.62. The van der Waals surface area contributed by atoms with E-state index in [4.69, 9.17) is 4.74 Å². The average molecular weight is 235 g/mol. The van der Waals surface area contributed by atoms with Crippen LogP contribution >= 0.6 is 0 Å². The summed E-state index contributed by atoms with van der Waals surface area (Å²) in [6.07, 6.45) is 0.469. The summed E-state index contributed by atoms with van der Waals surface area (Å²) in [5.74, 6) is 0. The van der Waals surface area contributed by atoms with Crippen LogP contribution in [0.2, 0.25) is 0 Å². The van der Waals surface area contributed by atoms with Gasteiger partial charge in [-0.25, -0.2) is 4.79 Å². The van der Waals surface area contributed by atoms with Crippen molar-refractivity contribution in [1.82, 2.24) is 5.32 Å². The fourth-order valence-corrected chi connectivity index (χ4v) is 1.56. The molecule has 0 aromatic heterocycles. The first-order chi connectivity index (χ1) is 7.92. The highest BCUT2D eigenvalue weighted by Crippen LogP contribution is 2.17. The van der Waals surface area contributed by atoms with Gasteiger partial charge in [-0.15, -0.1) is 0 Å². The number of ether oxygens (including phenoxy) is 1. The molecule has 0 unspecified atom stereocenters. The second-order valence-electron chi connectivity index (χ2n) is 5.02. The molecular formula is C14H21NO2. The molecular weight excluding hydrogens is 214 g/mol. The van der Waals surface area contributed by atoms with E-state index >= 15 is 0 Å². The Morgan fingerprint density at radius 3 is 2.35 bits per heavy atom. The van der Waals surface area contributed by atoms with Gasteiger partial charge in [-0.1, -0.05) is 37.3 Å². The lowest BCUT2D eigenvalue weighted by Crippen LogP contribution is -2.34. The van der Waals surface area contributed by atoms with Gasteiger partial charge in [0, 0.05) is 0 Å². The Morgan fingerprint density at radius 2 is 1.88 bits per heavy atom. The summed E-state index contributed by atoms with van der Waals surface area (Å²) in [6, 6.07) is 9.91. The summed E-state index contributed by atoms with van der Waals surface area (Å²) in [4.78, 5) is 11.7. The van der Waals surface area contributed by atoms with Crippen LogP contribution in [0.3, 0.4) is 0 Å². The first-order valence-corrected chi connectivity index (χ1v) is 5.97. The van der Waals surface area contributed by atoms with E-state index in [1.54, 1.807) is 0 Å². The number of hydrogen-bond acceptors (Lipinski definition) is 2. The molecule has 3 heteroatoms. The molecule has 1 rings (SSSR count). The molecule has 17 heavy (non-hydrogen) atoms. The van der Waals surface area contributed by atoms with Crippen LogP contribution in [0, 0.1) is 0 Å². The maximum absolute atomic E-state index is 11.7. The van der Waals surface area contributed by atoms with Crippen molar-refractivity contribution in [2.24, 2.45) is 0 Å². The monoisotopic (exact) mass is 235 g/mol. The van der Waals surface area contributed by atoms with Crippen LogP contribution in [0.25, 0.3) is 0 Å². The molecule has 0 aliphatic carbocycles. The zero-order valence-electron chi connectivity index (χ0n) is 11.0. The minimum absolute atomic E-state index is 0.00560. The van der Waals surface area contributed by atoms with Crippen LogP contribution < -0.4 is 5.32 Å². The molecule has 0 bridgehead atoms. The molecule has 0 heterocycles. The molecule has 1 aromatic rings. The molecule has 0 spiro atoms. The topological polar surface area (TPSA) is 38.3 Å². The van der Waals surface area contributed by atoms with E-state index in [0.717, 1.165) is 12.0 Å². The standard InChI is InChI=1S/C14H21NO2/c1-5-12(11-9-7-6-8-10-11)15-13(16)17-14(2,3)4/h6-10,12H,5H2,1-4H3,(H,15,16)/t12-/m0/s1. The zero-order valence-corrected chi connectivity index (χ0v) is 11.0. The van der Waals surface area contributed by atoms with Crippen LogP contribution in [0.15, 0.2) is 30.3 Å². The number of benzene rings is 1. The number of carbonyl (C=O) groups excluding carboxylic acids is 1. The largest absolute Gasteiger partial charge is 0.444 e. The second kappa shape index (κ2) is 5.71. The van der Waals surface area contributed by atoms with Crippen LogP contribution in [-0.2, 0) is 4.74 Å². The van der Waals surface area contributed by atoms with Gasteiger partial charge in [0.25, 0.3) is 0 Å². The highest BCUT2D eigenvalue weighted by molar-refractivity contribution is 5.68. The van der Waals surface area contributed by atoms with Gasteiger partial charge in [-0.2, -0.15) is 0 Å². The summed E-state index contributed by atoms with van der Waals surface area (Å²) in [6.45, 7) is 7.61. The first-order valence-electron chi connectivity index (χ1n) is 5.97. The summed E-state index contributed by atoms with van der Waals surface area (Å²) in [7, 11) is 0. The number of alkyl carbamates (subject to hydrolysis) is 1. The summed E-state index contributed by atoms with van der Waals surface area (Å²) in [5.41, 5.74) is 0.639. The fraction of sp³-hybridized carbons (Fsp3) is 0.500. The molecule has 94 valence electrons. The van der Waals surface area contributed by atoms with E-state index in [1.807, 2.05) is 58.0 Å². The van der Waals surface area contributed by atoms with Crippen molar-refractivity contribution < 1.29 is 9.53 Å². The highest BCUT2D eigenvalue weighted by Gasteiger charge is 2.19. The number of hydrogen-bond donors (Lipinski definition) is 1. The Kier molecular flexibility index (Phi) is 4.55. The minimum atomic E-state index is -0.459. The highest BCUT2D eigenvalue weighted by atomic mass is 16.6. The number of rotatable bonds is 3. The first kappa shape index (κ1) is 13.6. The smallest absolute Gasteiger partial charge is 0.408 e. The normalized spacial score (nSPS) is 12.9.